The molecule has 1 saturated heterocycles. The maximum absolute atomic E-state index is 11.9. The fraction of sp³-hybridized carbons (Fsp3) is 0.833. The number of rotatable bonds is 2. The number of ketones is 1. The molecular weight excluding hydrogens is 222 g/mol. The van der Waals surface area contributed by atoms with Crippen LogP contribution in [0, 0.1) is 0 Å². The van der Waals surface area contributed by atoms with Gasteiger partial charge >= 0.3 is 6.09 Å². The lowest BCUT2D eigenvalue weighted by Crippen LogP contribution is -2.46. The van der Waals surface area contributed by atoms with E-state index in [4.69, 9.17) is 9.47 Å². The van der Waals surface area contributed by atoms with Crippen LogP contribution in [0.4, 0.5) is 4.79 Å². The van der Waals surface area contributed by atoms with Crippen molar-refractivity contribution in [3.05, 3.63) is 0 Å². The number of ether oxygens (including phenoxy) is 2. The van der Waals surface area contributed by atoms with Crippen molar-refractivity contribution in [3.8, 4) is 0 Å². The Morgan fingerprint density at radius 2 is 1.88 bits per heavy atom. The number of carbonyl (C=O) groups is 2. The molecule has 1 rings (SSSR count). The molecule has 1 fully saturated rings. The van der Waals surface area contributed by atoms with Crippen LogP contribution < -0.4 is 0 Å². The van der Waals surface area contributed by atoms with E-state index in [1.807, 2.05) is 0 Å². The molecule has 0 radical (unpaired) electrons. The highest BCUT2D eigenvalue weighted by atomic mass is 16.6. The number of likely N-dealkylation sites (tertiary alicyclic amines) is 1. The predicted molar refractivity (Wildman–Crippen MR) is 62.8 cm³/mol. The highest BCUT2D eigenvalue weighted by Gasteiger charge is 2.41. The number of amides is 1. The summed E-state index contributed by atoms with van der Waals surface area (Å²) in [6.45, 7) is 7.38. The molecule has 5 heteroatoms. The van der Waals surface area contributed by atoms with Crippen LogP contribution in [-0.4, -0.2) is 48.2 Å². The van der Waals surface area contributed by atoms with Gasteiger partial charge in [-0.3, -0.25) is 9.69 Å². The van der Waals surface area contributed by atoms with Crippen molar-refractivity contribution in [2.24, 2.45) is 0 Å². The lowest BCUT2D eigenvalue weighted by Gasteiger charge is -2.28. The minimum Gasteiger partial charge on any atom is -0.444 e. The summed E-state index contributed by atoms with van der Waals surface area (Å²) >= 11 is 0. The Morgan fingerprint density at radius 3 is 2.29 bits per heavy atom. The normalized spacial score (nSPS) is 24.9. The lowest BCUT2D eigenvalue weighted by molar-refractivity contribution is -0.124. The lowest BCUT2D eigenvalue weighted by atomic mass is 10.1. The van der Waals surface area contributed by atoms with Gasteiger partial charge in [0.05, 0.1) is 6.10 Å². The Bertz CT molecular complexity index is 308. The zero-order chi connectivity index (χ0) is 13.2. The Balaban J connectivity index is 2.76. The van der Waals surface area contributed by atoms with E-state index in [0.29, 0.717) is 13.0 Å². The molecule has 98 valence electrons. The molecule has 0 aromatic heterocycles. The zero-order valence-corrected chi connectivity index (χ0v) is 11.1. The third kappa shape index (κ3) is 3.43. The van der Waals surface area contributed by atoms with Crippen molar-refractivity contribution in [1.82, 2.24) is 4.90 Å². The van der Waals surface area contributed by atoms with Crippen LogP contribution in [0.3, 0.4) is 0 Å². The first-order valence-corrected chi connectivity index (χ1v) is 5.79. The number of hydrogen-bond acceptors (Lipinski definition) is 4. The Kier molecular flexibility index (Phi) is 4.14. The third-order valence-corrected chi connectivity index (χ3v) is 2.69. The van der Waals surface area contributed by atoms with Gasteiger partial charge in [-0.2, -0.15) is 0 Å². The average Bonchev–Trinajstić information content (AvgIpc) is 2.57. The minimum atomic E-state index is -0.552. The smallest absolute Gasteiger partial charge is 0.410 e. The maximum atomic E-state index is 11.9. The van der Waals surface area contributed by atoms with E-state index in [0.717, 1.165) is 0 Å². The van der Waals surface area contributed by atoms with Gasteiger partial charge in [-0.15, -0.1) is 0 Å². The molecule has 2 unspecified atom stereocenters. The van der Waals surface area contributed by atoms with Crippen LogP contribution in [0.1, 0.15) is 34.1 Å². The fourth-order valence-corrected chi connectivity index (χ4v) is 2.02. The topological polar surface area (TPSA) is 55.8 Å². The molecule has 0 spiro atoms. The second-order valence-corrected chi connectivity index (χ2v) is 5.29. The van der Waals surface area contributed by atoms with E-state index < -0.39 is 17.7 Å². The molecule has 0 N–H and O–H groups in total. The first-order valence-electron chi connectivity index (χ1n) is 5.79. The largest absolute Gasteiger partial charge is 0.444 e. The quantitative estimate of drug-likeness (QED) is 0.739. The zero-order valence-electron chi connectivity index (χ0n) is 11.1. The molecule has 0 aromatic rings. The monoisotopic (exact) mass is 243 g/mol. The van der Waals surface area contributed by atoms with Crippen LogP contribution in [0.25, 0.3) is 0 Å². The minimum absolute atomic E-state index is 0.0693. The average molecular weight is 243 g/mol. The molecule has 17 heavy (non-hydrogen) atoms. The van der Waals surface area contributed by atoms with Gasteiger partial charge in [0, 0.05) is 13.7 Å². The van der Waals surface area contributed by atoms with Crippen LogP contribution in [-0.2, 0) is 14.3 Å². The molecule has 1 aliphatic rings. The summed E-state index contributed by atoms with van der Waals surface area (Å²) in [6, 6.07) is -0.519. The first-order chi connectivity index (χ1) is 7.76. The fourth-order valence-electron chi connectivity index (χ4n) is 2.02. The van der Waals surface area contributed by atoms with Gasteiger partial charge in [0.15, 0.2) is 5.78 Å². The summed E-state index contributed by atoms with van der Waals surface area (Å²) in [7, 11) is 1.55. The van der Waals surface area contributed by atoms with Crippen LogP contribution in [0.5, 0.6) is 0 Å². The van der Waals surface area contributed by atoms with Crippen molar-refractivity contribution in [2.75, 3.05) is 13.7 Å². The van der Waals surface area contributed by atoms with Gasteiger partial charge in [0.2, 0.25) is 0 Å². The number of hydrogen-bond donors (Lipinski definition) is 0. The van der Waals surface area contributed by atoms with E-state index in [1.165, 1.54) is 11.8 Å². The van der Waals surface area contributed by atoms with Gasteiger partial charge < -0.3 is 9.47 Å². The van der Waals surface area contributed by atoms with Gasteiger partial charge in [-0.1, -0.05) is 0 Å². The summed E-state index contributed by atoms with van der Waals surface area (Å²) in [5.74, 6) is -0.0693. The summed E-state index contributed by atoms with van der Waals surface area (Å²) in [6.07, 6.45) is -0.00254. The molecule has 2 atom stereocenters. The Hall–Kier alpha value is -1.10. The standard InChI is InChI=1S/C12H21NO4/c1-8(14)10-9(16-5)6-7-13(10)11(15)17-12(2,3)4/h9-10H,6-7H2,1-5H3. The van der Waals surface area contributed by atoms with Crippen molar-refractivity contribution in [1.29, 1.82) is 0 Å². The molecule has 0 aromatic carbocycles. The number of carbonyl (C=O) groups excluding carboxylic acids is 2. The van der Waals surface area contributed by atoms with Crippen molar-refractivity contribution >= 4 is 11.9 Å². The molecule has 5 nitrogen and oxygen atoms in total. The second kappa shape index (κ2) is 5.04. The van der Waals surface area contributed by atoms with Gasteiger partial charge in [0.25, 0.3) is 0 Å². The third-order valence-electron chi connectivity index (χ3n) is 2.69. The molecule has 0 bridgehead atoms. The van der Waals surface area contributed by atoms with Crippen molar-refractivity contribution < 1.29 is 19.1 Å². The molecular formula is C12H21NO4. The highest BCUT2D eigenvalue weighted by molar-refractivity contribution is 5.86. The molecule has 0 saturated carbocycles. The summed E-state index contributed by atoms with van der Waals surface area (Å²) < 4.78 is 10.5. The van der Waals surface area contributed by atoms with E-state index in [-0.39, 0.29) is 11.9 Å². The van der Waals surface area contributed by atoms with E-state index in [9.17, 15) is 9.59 Å². The second-order valence-electron chi connectivity index (χ2n) is 5.29. The van der Waals surface area contributed by atoms with Crippen LogP contribution >= 0.6 is 0 Å². The summed E-state index contributed by atoms with van der Waals surface area (Å²) in [5.41, 5.74) is -0.552. The Labute approximate surface area is 102 Å². The number of Topliss-reactive ketones (excluding diaryl/α,β-unsaturated/α-hetero) is 1. The number of nitrogens with zero attached hydrogens (tertiary/aromatic N) is 1. The summed E-state index contributed by atoms with van der Waals surface area (Å²) in [4.78, 5) is 25.0. The molecule has 0 aliphatic carbocycles. The van der Waals surface area contributed by atoms with E-state index in [2.05, 4.69) is 0 Å². The Morgan fingerprint density at radius 1 is 1.29 bits per heavy atom. The van der Waals surface area contributed by atoms with Gasteiger partial charge in [-0.25, -0.2) is 4.79 Å². The van der Waals surface area contributed by atoms with E-state index >= 15 is 0 Å². The summed E-state index contributed by atoms with van der Waals surface area (Å²) in [5, 5.41) is 0. The molecule has 1 heterocycles. The predicted octanol–water partition coefficient (Wildman–Crippen LogP) is 1.60. The van der Waals surface area contributed by atoms with E-state index in [1.54, 1.807) is 27.9 Å². The first kappa shape index (κ1) is 14.0. The molecule has 1 amide bonds. The van der Waals surface area contributed by atoms with Crippen LogP contribution in [0.15, 0.2) is 0 Å². The van der Waals surface area contributed by atoms with Crippen molar-refractivity contribution in [2.45, 2.75) is 51.9 Å². The van der Waals surface area contributed by atoms with Gasteiger partial charge in [-0.05, 0) is 34.1 Å². The van der Waals surface area contributed by atoms with Gasteiger partial charge in [0.1, 0.15) is 11.6 Å². The molecule has 1 aliphatic heterocycles. The van der Waals surface area contributed by atoms with Crippen molar-refractivity contribution in [3.63, 3.8) is 0 Å². The number of methoxy groups -OCH3 is 1. The SMILES string of the molecule is COC1CCN(C(=O)OC(C)(C)C)C1C(C)=O. The van der Waals surface area contributed by atoms with Crippen LogP contribution in [0.2, 0.25) is 0 Å². The highest BCUT2D eigenvalue weighted by Crippen LogP contribution is 2.23. The maximum Gasteiger partial charge on any atom is 0.410 e.